The molecule has 0 saturated carbocycles. The molecule has 2 unspecified atom stereocenters. The first kappa shape index (κ1) is 15.5. The molecule has 1 heterocycles. The summed E-state index contributed by atoms with van der Waals surface area (Å²) >= 11 is 0. The van der Waals surface area contributed by atoms with Crippen LogP contribution in [0, 0.1) is 0 Å². The summed E-state index contributed by atoms with van der Waals surface area (Å²) in [5.41, 5.74) is 1.27. The lowest BCUT2D eigenvalue weighted by molar-refractivity contribution is 0.131. The van der Waals surface area contributed by atoms with Gasteiger partial charge in [0.05, 0.1) is 12.1 Å². The number of nitrogens with zero attached hydrogens (tertiary/aromatic N) is 1. The van der Waals surface area contributed by atoms with Gasteiger partial charge in [0.15, 0.2) is 0 Å². The number of aliphatic hydroxyl groups excluding tert-OH is 1. The summed E-state index contributed by atoms with van der Waals surface area (Å²) in [5, 5.41) is 13.2. The van der Waals surface area contributed by atoms with E-state index in [4.69, 9.17) is 0 Å². The largest absolute Gasteiger partial charge is 0.394 e. The fourth-order valence-corrected chi connectivity index (χ4v) is 3.06. The van der Waals surface area contributed by atoms with E-state index >= 15 is 0 Å². The fourth-order valence-electron chi connectivity index (χ4n) is 3.06. The second-order valence-electron chi connectivity index (χ2n) is 6.28. The lowest BCUT2D eigenvalue weighted by Crippen LogP contribution is -2.53. The SMILES string of the molecule is CCCNC(C)(CO)CN1CCC(c2ccccc2)C1. The van der Waals surface area contributed by atoms with Crippen molar-refractivity contribution >= 4 is 0 Å². The highest BCUT2D eigenvalue weighted by molar-refractivity contribution is 5.21. The van der Waals surface area contributed by atoms with Crippen molar-refractivity contribution in [1.82, 2.24) is 10.2 Å². The zero-order chi connectivity index (χ0) is 14.4. The second-order valence-corrected chi connectivity index (χ2v) is 6.28. The van der Waals surface area contributed by atoms with Crippen molar-refractivity contribution in [3.8, 4) is 0 Å². The molecule has 20 heavy (non-hydrogen) atoms. The van der Waals surface area contributed by atoms with E-state index in [0.717, 1.165) is 32.6 Å². The molecule has 1 aliphatic heterocycles. The van der Waals surface area contributed by atoms with Crippen molar-refractivity contribution in [2.45, 2.75) is 38.1 Å². The summed E-state index contributed by atoms with van der Waals surface area (Å²) in [7, 11) is 0. The highest BCUT2D eigenvalue weighted by Gasteiger charge is 2.30. The van der Waals surface area contributed by atoms with Crippen LogP contribution in [0.5, 0.6) is 0 Å². The van der Waals surface area contributed by atoms with Crippen LogP contribution in [-0.2, 0) is 0 Å². The second kappa shape index (κ2) is 7.21. The summed E-state index contributed by atoms with van der Waals surface area (Å²) in [5.74, 6) is 0.644. The van der Waals surface area contributed by atoms with Crippen molar-refractivity contribution in [2.75, 3.05) is 32.8 Å². The van der Waals surface area contributed by atoms with Crippen LogP contribution in [0.15, 0.2) is 30.3 Å². The predicted molar refractivity (Wildman–Crippen MR) is 84.0 cm³/mol. The van der Waals surface area contributed by atoms with Crippen molar-refractivity contribution in [1.29, 1.82) is 0 Å². The molecule has 1 aromatic carbocycles. The van der Waals surface area contributed by atoms with E-state index in [9.17, 15) is 5.11 Å². The lowest BCUT2D eigenvalue weighted by Gasteiger charge is -2.33. The quantitative estimate of drug-likeness (QED) is 0.801. The molecule has 2 N–H and O–H groups in total. The molecule has 0 bridgehead atoms. The molecule has 1 aliphatic rings. The first-order valence-electron chi connectivity index (χ1n) is 7.80. The summed E-state index contributed by atoms with van der Waals surface area (Å²) in [6.07, 6.45) is 2.32. The number of hydrogen-bond acceptors (Lipinski definition) is 3. The smallest absolute Gasteiger partial charge is 0.0623 e. The van der Waals surface area contributed by atoms with E-state index < -0.39 is 0 Å². The maximum atomic E-state index is 9.67. The van der Waals surface area contributed by atoms with Gasteiger partial charge in [0.2, 0.25) is 0 Å². The Morgan fingerprint density at radius 1 is 1.35 bits per heavy atom. The molecule has 3 nitrogen and oxygen atoms in total. The standard InChI is InChI=1S/C17H28N2O/c1-3-10-18-17(2,14-20)13-19-11-9-16(12-19)15-7-5-4-6-8-15/h4-8,16,18,20H,3,9-14H2,1-2H3. The predicted octanol–water partition coefficient (Wildman–Crippen LogP) is 2.23. The third-order valence-corrected chi connectivity index (χ3v) is 4.27. The van der Waals surface area contributed by atoms with Gasteiger partial charge in [-0.1, -0.05) is 37.3 Å². The first-order chi connectivity index (χ1) is 9.67. The molecule has 1 saturated heterocycles. The Bertz CT molecular complexity index is 395. The van der Waals surface area contributed by atoms with Gasteiger partial charge >= 0.3 is 0 Å². The number of benzene rings is 1. The molecule has 0 amide bonds. The van der Waals surface area contributed by atoms with Gasteiger partial charge in [-0.15, -0.1) is 0 Å². The van der Waals surface area contributed by atoms with Crippen molar-refractivity contribution < 1.29 is 5.11 Å². The van der Waals surface area contributed by atoms with Crippen LogP contribution in [0.3, 0.4) is 0 Å². The molecule has 1 fully saturated rings. The average molecular weight is 276 g/mol. The van der Waals surface area contributed by atoms with Gasteiger partial charge < -0.3 is 15.3 Å². The molecule has 0 aliphatic carbocycles. The minimum absolute atomic E-state index is 0.179. The van der Waals surface area contributed by atoms with Crippen molar-refractivity contribution in [3.63, 3.8) is 0 Å². The van der Waals surface area contributed by atoms with E-state index in [-0.39, 0.29) is 12.1 Å². The minimum atomic E-state index is -0.179. The van der Waals surface area contributed by atoms with Crippen LogP contribution >= 0.6 is 0 Å². The van der Waals surface area contributed by atoms with Gasteiger partial charge in [0.1, 0.15) is 0 Å². The average Bonchev–Trinajstić information content (AvgIpc) is 2.94. The molecule has 112 valence electrons. The van der Waals surface area contributed by atoms with E-state index in [1.807, 2.05) is 0 Å². The van der Waals surface area contributed by atoms with Gasteiger partial charge in [-0.2, -0.15) is 0 Å². The Labute approximate surface area is 123 Å². The minimum Gasteiger partial charge on any atom is -0.394 e. The maximum absolute atomic E-state index is 9.67. The Morgan fingerprint density at radius 2 is 2.10 bits per heavy atom. The van der Waals surface area contributed by atoms with Gasteiger partial charge in [0.25, 0.3) is 0 Å². The summed E-state index contributed by atoms with van der Waals surface area (Å²) < 4.78 is 0. The van der Waals surface area contributed by atoms with Gasteiger partial charge in [-0.25, -0.2) is 0 Å². The van der Waals surface area contributed by atoms with Crippen LogP contribution < -0.4 is 5.32 Å². The third-order valence-electron chi connectivity index (χ3n) is 4.27. The monoisotopic (exact) mass is 276 g/mol. The summed E-state index contributed by atoms with van der Waals surface area (Å²) in [6, 6.07) is 10.8. The fraction of sp³-hybridized carbons (Fsp3) is 0.647. The van der Waals surface area contributed by atoms with Gasteiger partial charge in [0, 0.05) is 13.1 Å². The van der Waals surface area contributed by atoms with Crippen LogP contribution in [0.25, 0.3) is 0 Å². The van der Waals surface area contributed by atoms with E-state index in [0.29, 0.717) is 5.92 Å². The highest BCUT2D eigenvalue weighted by atomic mass is 16.3. The molecule has 2 rings (SSSR count). The van der Waals surface area contributed by atoms with E-state index in [1.165, 1.54) is 12.0 Å². The normalized spacial score (nSPS) is 22.9. The maximum Gasteiger partial charge on any atom is 0.0623 e. The molecule has 2 atom stereocenters. The molecule has 0 radical (unpaired) electrons. The van der Waals surface area contributed by atoms with Crippen LogP contribution in [0.4, 0.5) is 0 Å². The Kier molecular flexibility index (Phi) is 5.58. The lowest BCUT2D eigenvalue weighted by atomic mass is 9.98. The van der Waals surface area contributed by atoms with Crippen molar-refractivity contribution in [2.24, 2.45) is 0 Å². The zero-order valence-corrected chi connectivity index (χ0v) is 12.8. The molecule has 3 heteroatoms. The molecule has 1 aromatic rings. The van der Waals surface area contributed by atoms with Gasteiger partial charge in [-0.05, 0) is 44.3 Å². The van der Waals surface area contributed by atoms with Crippen LogP contribution in [0.2, 0.25) is 0 Å². The Balaban J connectivity index is 1.89. The zero-order valence-electron chi connectivity index (χ0n) is 12.8. The number of aliphatic hydroxyl groups is 1. The topological polar surface area (TPSA) is 35.5 Å². The summed E-state index contributed by atoms with van der Waals surface area (Å²) in [6.45, 7) is 8.60. The van der Waals surface area contributed by atoms with E-state index in [2.05, 4.69) is 54.4 Å². The third kappa shape index (κ3) is 4.05. The molecule has 0 spiro atoms. The van der Waals surface area contributed by atoms with Crippen molar-refractivity contribution in [3.05, 3.63) is 35.9 Å². The molecular weight excluding hydrogens is 248 g/mol. The van der Waals surface area contributed by atoms with Crippen LogP contribution in [-0.4, -0.2) is 48.3 Å². The Morgan fingerprint density at radius 3 is 2.75 bits per heavy atom. The van der Waals surface area contributed by atoms with Crippen LogP contribution in [0.1, 0.15) is 38.2 Å². The summed E-state index contributed by atoms with van der Waals surface area (Å²) in [4.78, 5) is 2.48. The van der Waals surface area contributed by atoms with E-state index in [1.54, 1.807) is 0 Å². The number of likely N-dealkylation sites (tertiary alicyclic amines) is 1. The Hall–Kier alpha value is -0.900. The number of rotatable bonds is 7. The molecule has 0 aromatic heterocycles. The first-order valence-corrected chi connectivity index (χ1v) is 7.80. The number of nitrogens with one attached hydrogen (secondary N) is 1. The van der Waals surface area contributed by atoms with Gasteiger partial charge in [-0.3, -0.25) is 0 Å². The highest BCUT2D eigenvalue weighted by Crippen LogP contribution is 2.27. The molecular formula is C17H28N2O. The number of hydrogen-bond donors (Lipinski definition) is 2.